The van der Waals surface area contributed by atoms with E-state index in [1.54, 1.807) is 0 Å². The highest BCUT2D eigenvalue weighted by Crippen LogP contribution is 2.15. The van der Waals surface area contributed by atoms with Crippen molar-refractivity contribution >= 4 is 17.5 Å². The topological polar surface area (TPSA) is 29.1 Å². The van der Waals surface area contributed by atoms with E-state index in [1.165, 1.54) is 0 Å². The van der Waals surface area contributed by atoms with Crippen molar-refractivity contribution in [1.29, 1.82) is 0 Å². The molecule has 0 aliphatic carbocycles. The molecule has 0 aliphatic rings. The summed E-state index contributed by atoms with van der Waals surface area (Å²) in [6.07, 6.45) is 0. The fourth-order valence-corrected chi connectivity index (χ4v) is 1.35. The first-order chi connectivity index (χ1) is 8.32. The molecular formula is C12H13ClF3NO. The van der Waals surface area contributed by atoms with Gasteiger partial charge in [0, 0.05) is 18.7 Å². The van der Waals surface area contributed by atoms with Crippen molar-refractivity contribution in [2.75, 3.05) is 6.54 Å². The van der Waals surface area contributed by atoms with Crippen molar-refractivity contribution in [3.8, 4) is 0 Å². The Bertz CT molecular complexity index is 428. The number of carbonyl (C=O) groups excluding carboxylic acids is 1. The Morgan fingerprint density at radius 2 is 1.78 bits per heavy atom. The van der Waals surface area contributed by atoms with Crippen LogP contribution in [0, 0.1) is 23.4 Å². The molecule has 0 saturated carbocycles. The van der Waals surface area contributed by atoms with E-state index in [0.717, 1.165) is 0 Å². The normalized spacial score (nSPS) is 12.6. The van der Waals surface area contributed by atoms with E-state index in [2.05, 4.69) is 5.32 Å². The molecule has 1 aromatic carbocycles. The van der Waals surface area contributed by atoms with Gasteiger partial charge < -0.3 is 5.32 Å². The van der Waals surface area contributed by atoms with E-state index in [4.69, 9.17) is 11.6 Å². The van der Waals surface area contributed by atoms with Gasteiger partial charge in [0.25, 0.3) is 5.91 Å². The zero-order chi connectivity index (χ0) is 13.9. The fourth-order valence-electron chi connectivity index (χ4n) is 1.27. The second kappa shape index (κ2) is 6.09. The summed E-state index contributed by atoms with van der Waals surface area (Å²) in [5.74, 6) is -4.38. The summed E-state index contributed by atoms with van der Waals surface area (Å²) >= 11 is 5.89. The largest absolute Gasteiger partial charge is 0.350 e. The van der Waals surface area contributed by atoms with E-state index >= 15 is 0 Å². The molecule has 1 N–H and O–H groups in total. The number of halogens is 4. The van der Waals surface area contributed by atoms with Crippen molar-refractivity contribution in [3.63, 3.8) is 0 Å². The molecule has 0 radical (unpaired) electrons. The summed E-state index contributed by atoms with van der Waals surface area (Å²) in [6, 6.07) is 0.914. The monoisotopic (exact) mass is 279 g/mol. The van der Waals surface area contributed by atoms with Crippen LogP contribution in [0.5, 0.6) is 0 Å². The zero-order valence-electron chi connectivity index (χ0n) is 9.94. The third kappa shape index (κ3) is 3.63. The van der Waals surface area contributed by atoms with Gasteiger partial charge in [-0.3, -0.25) is 4.79 Å². The summed E-state index contributed by atoms with van der Waals surface area (Å²) in [5.41, 5.74) is -0.802. The molecule has 6 heteroatoms. The van der Waals surface area contributed by atoms with Gasteiger partial charge in [0.1, 0.15) is 23.0 Å². The first kappa shape index (κ1) is 14.8. The van der Waals surface area contributed by atoms with Gasteiger partial charge >= 0.3 is 0 Å². The lowest BCUT2D eigenvalue weighted by molar-refractivity contribution is 0.0944. The Hall–Kier alpha value is -1.23. The SMILES string of the molecule is CC(C)C(Cl)CNC(=O)c1c(F)cc(F)cc1F. The van der Waals surface area contributed by atoms with Crippen LogP contribution < -0.4 is 5.32 Å². The second-order valence-corrected chi connectivity index (χ2v) is 4.78. The minimum atomic E-state index is -1.24. The first-order valence-corrected chi connectivity index (χ1v) is 5.83. The van der Waals surface area contributed by atoms with Gasteiger partial charge in [-0.05, 0) is 5.92 Å². The molecular weight excluding hydrogens is 267 g/mol. The number of alkyl halides is 1. The molecule has 1 amide bonds. The Morgan fingerprint density at radius 1 is 1.28 bits per heavy atom. The smallest absolute Gasteiger partial charge is 0.257 e. The highest BCUT2D eigenvalue weighted by molar-refractivity contribution is 6.21. The molecule has 0 bridgehead atoms. The Labute approximate surface area is 108 Å². The van der Waals surface area contributed by atoms with Crippen LogP contribution in [0.4, 0.5) is 13.2 Å². The molecule has 1 aromatic rings. The summed E-state index contributed by atoms with van der Waals surface area (Å²) in [4.78, 5) is 11.6. The number of benzene rings is 1. The third-order valence-corrected chi connectivity index (χ3v) is 3.07. The number of hydrogen-bond acceptors (Lipinski definition) is 1. The standard InChI is InChI=1S/C12H13ClF3NO/c1-6(2)8(13)5-17-12(18)11-9(15)3-7(14)4-10(11)16/h3-4,6,8H,5H2,1-2H3,(H,17,18). The minimum Gasteiger partial charge on any atom is -0.350 e. The molecule has 100 valence electrons. The molecule has 1 atom stereocenters. The number of nitrogens with one attached hydrogen (secondary N) is 1. The second-order valence-electron chi connectivity index (χ2n) is 4.21. The summed E-state index contributed by atoms with van der Waals surface area (Å²) < 4.78 is 39.2. The van der Waals surface area contributed by atoms with Crippen LogP contribution in [0.25, 0.3) is 0 Å². The lowest BCUT2D eigenvalue weighted by atomic mass is 10.1. The van der Waals surface area contributed by atoms with Crippen LogP contribution >= 0.6 is 11.6 Å². The van der Waals surface area contributed by atoms with Crippen molar-refractivity contribution < 1.29 is 18.0 Å². The molecule has 0 spiro atoms. The van der Waals surface area contributed by atoms with Gasteiger partial charge in [0.15, 0.2) is 0 Å². The Balaban J connectivity index is 2.79. The highest BCUT2D eigenvalue weighted by atomic mass is 35.5. The predicted octanol–water partition coefficient (Wildman–Crippen LogP) is 3.10. The van der Waals surface area contributed by atoms with Crippen LogP contribution in [0.3, 0.4) is 0 Å². The number of amides is 1. The van der Waals surface area contributed by atoms with Crippen LogP contribution in [-0.2, 0) is 0 Å². The maximum absolute atomic E-state index is 13.3. The average Bonchev–Trinajstić information content (AvgIpc) is 2.24. The van der Waals surface area contributed by atoms with Gasteiger partial charge in [-0.2, -0.15) is 0 Å². The van der Waals surface area contributed by atoms with Gasteiger partial charge in [-0.25, -0.2) is 13.2 Å². The van der Waals surface area contributed by atoms with Crippen molar-refractivity contribution in [3.05, 3.63) is 35.1 Å². The lowest BCUT2D eigenvalue weighted by Crippen LogP contribution is -2.33. The van der Waals surface area contributed by atoms with Crippen molar-refractivity contribution in [1.82, 2.24) is 5.32 Å². The average molecular weight is 280 g/mol. The molecule has 1 unspecified atom stereocenters. The first-order valence-electron chi connectivity index (χ1n) is 5.39. The molecule has 0 aliphatic heterocycles. The Kier molecular flexibility index (Phi) is 5.02. The maximum Gasteiger partial charge on any atom is 0.257 e. The fraction of sp³-hybridized carbons (Fsp3) is 0.417. The highest BCUT2D eigenvalue weighted by Gasteiger charge is 2.20. The van der Waals surface area contributed by atoms with Crippen molar-refractivity contribution in [2.24, 2.45) is 5.92 Å². The number of carbonyl (C=O) groups is 1. The lowest BCUT2D eigenvalue weighted by Gasteiger charge is -2.14. The summed E-state index contributed by atoms with van der Waals surface area (Å²) in [6.45, 7) is 3.78. The minimum absolute atomic E-state index is 0.0777. The molecule has 0 fully saturated rings. The zero-order valence-corrected chi connectivity index (χ0v) is 10.7. The van der Waals surface area contributed by atoms with Gasteiger partial charge in [-0.1, -0.05) is 13.8 Å². The molecule has 0 aromatic heterocycles. The molecule has 2 nitrogen and oxygen atoms in total. The van der Waals surface area contributed by atoms with Gasteiger partial charge in [-0.15, -0.1) is 11.6 Å². The van der Waals surface area contributed by atoms with E-state index in [1.807, 2.05) is 13.8 Å². The molecule has 18 heavy (non-hydrogen) atoms. The van der Waals surface area contributed by atoms with Crippen LogP contribution in [0.1, 0.15) is 24.2 Å². The molecule has 0 heterocycles. The third-order valence-electron chi connectivity index (χ3n) is 2.41. The van der Waals surface area contributed by atoms with E-state index < -0.39 is 28.9 Å². The van der Waals surface area contributed by atoms with Crippen molar-refractivity contribution in [2.45, 2.75) is 19.2 Å². The quantitative estimate of drug-likeness (QED) is 0.843. The molecule has 1 rings (SSSR count). The number of rotatable bonds is 4. The van der Waals surface area contributed by atoms with Crippen LogP contribution in [0.15, 0.2) is 12.1 Å². The number of hydrogen-bond donors (Lipinski definition) is 1. The maximum atomic E-state index is 13.3. The van der Waals surface area contributed by atoms with Gasteiger partial charge in [0.2, 0.25) is 0 Å². The Morgan fingerprint density at radius 3 is 2.22 bits per heavy atom. The summed E-state index contributed by atoms with van der Waals surface area (Å²) in [7, 11) is 0. The molecule has 0 saturated heterocycles. The van der Waals surface area contributed by atoms with E-state index in [0.29, 0.717) is 12.1 Å². The van der Waals surface area contributed by atoms with Crippen LogP contribution in [0.2, 0.25) is 0 Å². The van der Waals surface area contributed by atoms with E-state index in [-0.39, 0.29) is 17.8 Å². The van der Waals surface area contributed by atoms with Gasteiger partial charge in [0.05, 0.1) is 5.38 Å². The summed E-state index contributed by atoms with van der Waals surface area (Å²) in [5, 5.41) is 1.96. The predicted molar refractivity (Wildman–Crippen MR) is 63.1 cm³/mol. The van der Waals surface area contributed by atoms with Crippen LogP contribution in [-0.4, -0.2) is 17.8 Å². The van der Waals surface area contributed by atoms with E-state index in [9.17, 15) is 18.0 Å².